The van der Waals surface area contributed by atoms with E-state index in [1.165, 1.54) is 36.4 Å². The summed E-state index contributed by atoms with van der Waals surface area (Å²) in [5, 5.41) is 18.5. The Morgan fingerprint density at radius 1 is 1.17 bits per heavy atom. The second-order valence-electron chi connectivity index (χ2n) is 8.08. The topological polar surface area (TPSA) is 112 Å². The molecule has 1 amide bonds. The number of carbonyl (C=O) groups is 1. The number of fused-ring (bicyclic) bond motifs is 1. The number of benzene rings is 2. The molecule has 5 rings (SSSR count). The minimum absolute atomic E-state index is 0.0204. The number of ether oxygens (including phenoxy) is 1. The largest absolute Gasteiger partial charge is 0.455 e. The minimum atomic E-state index is -2.82. The third-order valence-electron chi connectivity index (χ3n) is 5.41. The average Bonchev–Trinajstić information content (AvgIpc) is 3.58. The number of hydrogen-bond acceptors (Lipinski definition) is 6. The Morgan fingerprint density at radius 2 is 1.94 bits per heavy atom. The SMILES string of the molecule is O=C(Nc1cc(Oc2ccc(Cl)cc2Cl)cc([N+](=O)[O-])c1)c1cc2nc(C3CC3)cc(C(F)F)n2n1. The Labute approximate surface area is 211 Å². The van der Waals surface area contributed by atoms with E-state index in [-0.39, 0.29) is 50.8 Å². The molecule has 1 aliphatic carbocycles. The smallest absolute Gasteiger partial charge is 0.280 e. The molecule has 1 saturated carbocycles. The van der Waals surface area contributed by atoms with Gasteiger partial charge in [-0.1, -0.05) is 23.2 Å². The predicted molar refractivity (Wildman–Crippen MR) is 128 cm³/mol. The van der Waals surface area contributed by atoms with Crippen LogP contribution in [0.2, 0.25) is 10.0 Å². The van der Waals surface area contributed by atoms with Gasteiger partial charge in [-0.05, 0) is 37.1 Å². The van der Waals surface area contributed by atoms with Crippen molar-refractivity contribution in [1.82, 2.24) is 14.6 Å². The van der Waals surface area contributed by atoms with E-state index in [1.54, 1.807) is 0 Å². The molecule has 0 unspecified atom stereocenters. The lowest BCUT2D eigenvalue weighted by Crippen LogP contribution is -2.13. The molecule has 4 aromatic rings. The average molecular weight is 534 g/mol. The minimum Gasteiger partial charge on any atom is -0.455 e. The molecule has 0 radical (unpaired) electrons. The Bertz CT molecular complexity index is 1520. The second-order valence-corrected chi connectivity index (χ2v) is 8.93. The Morgan fingerprint density at radius 3 is 2.61 bits per heavy atom. The summed E-state index contributed by atoms with van der Waals surface area (Å²) in [6.07, 6.45) is -1.09. The number of nitrogens with one attached hydrogen (secondary N) is 1. The fourth-order valence-electron chi connectivity index (χ4n) is 3.57. The van der Waals surface area contributed by atoms with Crippen molar-refractivity contribution in [2.45, 2.75) is 25.2 Å². The van der Waals surface area contributed by atoms with Crippen LogP contribution in [-0.2, 0) is 0 Å². The van der Waals surface area contributed by atoms with Crippen LogP contribution in [0, 0.1) is 10.1 Å². The van der Waals surface area contributed by atoms with Crippen LogP contribution in [0.3, 0.4) is 0 Å². The van der Waals surface area contributed by atoms with Gasteiger partial charge in [0.25, 0.3) is 18.0 Å². The van der Waals surface area contributed by atoms with Crippen LogP contribution in [0.5, 0.6) is 11.5 Å². The van der Waals surface area contributed by atoms with Gasteiger partial charge in [-0.3, -0.25) is 14.9 Å². The van der Waals surface area contributed by atoms with Gasteiger partial charge in [0.1, 0.15) is 17.2 Å². The number of nitro groups is 1. The lowest BCUT2D eigenvalue weighted by atomic mass is 10.2. The molecule has 2 heterocycles. The maximum Gasteiger partial charge on any atom is 0.280 e. The number of amides is 1. The Kier molecular flexibility index (Phi) is 6.19. The van der Waals surface area contributed by atoms with Crippen LogP contribution in [0.25, 0.3) is 5.65 Å². The van der Waals surface area contributed by atoms with Crippen molar-refractivity contribution in [2.75, 3.05) is 5.32 Å². The number of nitrogens with zero attached hydrogens (tertiary/aromatic N) is 4. The van der Waals surface area contributed by atoms with E-state index in [0.717, 1.165) is 29.5 Å². The number of halogens is 4. The molecule has 0 atom stereocenters. The molecule has 1 N–H and O–H groups in total. The third-order valence-corrected chi connectivity index (χ3v) is 5.94. The summed E-state index contributed by atoms with van der Waals surface area (Å²) >= 11 is 12.0. The zero-order valence-electron chi connectivity index (χ0n) is 18.1. The van der Waals surface area contributed by atoms with Crippen molar-refractivity contribution in [3.63, 3.8) is 0 Å². The summed E-state index contributed by atoms with van der Waals surface area (Å²) < 4.78 is 33.8. The van der Waals surface area contributed by atoms with Crippen LogP contribution < -0.4 is 10.1 Å². The Balaban J connectivity index is 1.45. The van der Waals surface area contributed by atoms with Crippen molar-refractivity contribution < 1.29 is 23.2 Å². The first kappa shape index (κ1) is 23.9. The van der Waals surface area contributed by atoms with Gasteiger partial charge < -0.3 is 10.1 Å². The van der Waals surface area contributed by atoms with Crippen LogP contribution in [0.1, 0.15) is 47.1 Å². The molecule has 184 valence electrons. The number of alkyl halides is 2. The maximum absolute atomic E-state index is 13.6. The molecule has 0 spiro atoms. The van der Waals surface area contributed by atoms with Gasteiger partial charge in [-0.15, -0.1) is 0 Å². The molecule has 9 nitrogen and oxygen atoms in total. The summed E-state index contributed by atoms with van der Waals surface area (Å²) in [6, 6.07) is 10.7. The maximum atomic E-state index is 13.6. The van der Waals surface area contributed by atoms with Gasteiger partial charge >= 0.3 is 0 Å². The monoisotopic (exact) mass is 533 g/mol. The highest BCUT2D eigenvalue weighted by atomic mass is 35.5. The number of rotatable bonds is 7. The van der Waals surface area contributed by atoms with Gasteiger partial charge in [-0.25, -0.2) is 18.3 Å². The highest BCUT2D eigenvalue weighted by Crippen LogP contribution is 2.40. The summed E-state index contributed by atoms with van der Waals surface area (Å²) in [5.41, 5.74) is -0.254. The fraction of sp³-hybridized carbons (Fsp3) is 0.174. The van der Waals surface area contributed by atoms with Crippen LogP contribution in [0.4, 0.5) is 20.2 Å². The lowest BCUT2D eigenvalue weighted by Gasteiger charge is -2.10. The summed E-state index contributed by atoms with van der Waals surface area (Å²) in [4.78, 5) is 28.0. The lowest BCUT2D eigenvalue weighted by molar-refractivity contribution is -0.384. The molecule has 2 aromatic heterocycles. The van der Waals surface area contributed by atoms with E-state index in [2.05, 4.69) is 15.4 Å². The van der Waals surface area contributed by atoms with Gasteiger partial charge in [0.15, 0.2) is 11.3 Å². The normalized spacial score (nSPS) is 13.2. The van der Waals surface area contributed by atoms with E-state index in [9.17, 15) is 23.7 Å². The van der Waals surface area contributed by atoms with Gasteiger partial charge in [0.05, 0.1) is 21.7 Å². The number of hydrogen-bond donors (Lipinski definition) is 1. The molecule has 0 aliphatic heterocycles. The summed E-state index contributed by atoms with van der Waals surface area (Å²) in [6.45, 7) is 0. The van der Waals surface area contributed by atoms with Crippen molar-refractivity contribution >= 4 is 46.1 Å². The van der Waals surface area contributed by atoms with Crippen molar-refractivity contribution in [2.24, 2.45) is 0 Å². The highest BCUT2D eigenvalue weighted by molar-refractivity contribution is 6.35. The van der Waals surface area contributed by atoms with E-state index >= 15 is 0 Å². The summed E-state index contributed by atoms with van der Waals surface area (Å²) in [5.74, 6) is -0.438. The fourth-order valence-corrected chi connectivity index (χ4v) is 4.02. The summed E-state index contributed by atoms with van der Waals surface area (Å²) in [7, 11) is 0. The molecular formula is C23H15Cl2F2N5O4. The first-order chi connectivity index (χ1) is 17.2. The van der Waals surface area contributed by atoms with Gasteiger partial charge in [-0.2, -0.15) is 5.10 Å². The highest BCUT2D eigenvalue weighted by Gasteiger charge is 2.28. The molecule has 2 aromatic carbocycles. The van der Waals surface area contributed by atoms with E-state index in [1.807, 2.05) is 0 Å². The van der Waals surface area contributed by atoms with Crippen molar-refractivity contribution in [3.05, 3.63) is 85.8 Å². The molecule has 36 heavy (non-hydrogen) atoms. The van der Waals surface area contributed by atoms with E-state index < -0.39 is 17.3 Å². The quantitative estimate of drug-likeness (QED) is 0.206. The first-order valence-electron chi connectivity index (χ1n) is 10.6. The molecule has 1 aliphatic rings. The zero-order valence-corrected chi connectivity index (χ0v) is 19.6. The molecule has 13 heteroatoms. The van der Waals surface area contributed by atoms with Crippen LogP contribution in [-0.4, -0.2) is 25.4 Å². The zero-order chi connectivity index (χ0) is 25.6. The van der Waals surface area contributed by atoms with E-state index in [4.69, 9.17) is 27.9 Å². The van der Waals surface area contributed by atoms with Crippen molar-refractivity contribution in [1.29, 1.82) is 0 Å². The van der Waals surface area contributed by atoms with Crippen LogP contribution >= 0.6 is 23.2 Å². The predicted octanol–water partition coefficient (Wildman–Crippen LogP) is 6.80. The van der Waals surface area contributed by atoms with E-state index in [0.29, 0.717) is 10.7 Å². The molecule has 1 fully saturated rings. The number of anilines is 1. The standard InChI is InChI=1S/C23H15Cl2F2N5O4/c24-12-3-4-20(16(25)5-12)36-15-7-13(6-14(8-15)32(34)35)28-23(33)18-10-21-29-17(11-1-2-11)9-19(22(26)27)31(21)30-18/h3-11,22H,1-2H2,(H,28,33). The number of aromatic nitrogens is 3. The van der Waals surface area contributed by atoms with Gasteiger partial charge in [0, 0.05) is 34.8 Å². The first-order valence-corrected chi connectivity index (χ1v) is 11.4. The second kappa shape index (κ2) is 9.32. The Hall–Kier alpha value is -3.83. The van der Waals surface area contributed by atoms with Crippen LogP contribution in [0.15, 0.2) is 48.5 Å². The molecule has 0 bridgehead atoms. The van der Waals surface area contributed by atoms with Gasteiger partial charge in [0.2, 0.25) is 0 Å². The number of non-ortho nitro benzene ring substituents is 1. The molecule has 0 saturated heterocycles. The molecular weight excluding hydrogens is 519 g/mol. The number of nitro benzene ring substituents is 1. The number of carbonyl (C=O) groups excluding carboxylic acids is 1. The van der Waals surface area contributed by atoms with Crippen molar-refractivity contribution in [3.8, 4) is 11.5 Å². The third kappa shape index (κ3) is 4.93.